The number of anilines is 2. The summed E-state index contributed by atoms with van der Waals surface area (Å²) in [6.45, 7) is 1.14. The second-order valence-electron chi connectivity index (χ2n) is 5.75. The van der Waals surface area contributed by atoms with Crippen LogP contribution in [0.1, 0.15) is 11.3 Å². The fraction of sp³-hybridized carbons (Fsp3) is 0.100. The van der Waals surface area contributed by atoms with Crippen molar-refractivity contribution in [1.82, 2.24) is 9.88 Å². The molecule has 0 saturated carbocycles. The van der Waals surface area contributed by atoms with Crippen molar-refractivity contribution in [1.29, 1.82) is 0 Å². The van der Waals surface area contributed by atoms with E-state index in [-0.39, 0.29) is 6.03 Å². The summed E-state index contributed by atoms with van der Waals surface area (Å²) < 4.78 is 0. The molecular weight excluding hydrogens is 298 g/mol. The number of fused-ring (bicyclic) bond motifs is 1. The molecule has 4 nitrogen and oxygen atoms in total. The van der Waals surface area contributed by atoms with Crippen LogP contribution in [0.3, 0.4) is 0 Å². The topological polar surface area (TPSA) is 36.4 Å². The van der Waals surface area contributed by atoms with Gasteiger partial charge in [0.25, 0.3) is 0 Å². The Bertz CT molecular complexity index is 785. The average molecular weight is 315 g/mol. The van der Waals surface area contributed by atoms with E-state index in [9.17, 15) is 4.79 Å². The third kappa shape index (κ3) is 2.63. The van der Waals surface area contributed by atoms with Crippen LogP contribution in [0.25, 0.3) is 0 Å². The van der Waals surface area contributed by atoms with Crippen molar-refractivity contribution in [3.05, 3.63) is 90.3 Å². The largest absolute Gasteiger partial charge is 0.329 e. The number of aromatic nitrogens is 1. The Morgan fingerprint density at radius 3 is 2.04 bits per heavy atom. The van der Waals surface area contributed by atoms with Gasteiger partial charge in [0.1, 0.15) is 0 Å². The molecule has 4 rings (SSSR count). The molecule has 0 unspecified atom stereocenters. The average Bonchev–Trinajstić information content (AvgIpc) is 3.08. The van der Waals surface area contributed by atoms with Gasteiger partial charge >= 0.3 is 6.03 Å². The predicted molar refractivity (Wildman–Crippen MR) is 93.9 cm³/mol. The minimum absolute atomic E-state index is 0.0367. The van der Waals surface area contributed by atoms with Crippen molar-refractivity contribution in [2.24, 2.45) is 0 Å². The van der Waals surface area contributed by atoms with E-state index in [4.69, 9.17) is 0 Å². The van der Waals surface area contributed by atoms with Crippen LogP contribution in [-0.4, -0.2) is 15.9 Å². The summed E-state index contributed by atoms with van der Waals surface area (Å²) in [7, 11) is 0. The van der Waals surface area contributed by atoms with Gasteiger partial charge in [0.2, 0.25) is 0 Å². The van der Waals surface area contributed by atoms with Crippen LogP contribution >= 0.6 is 0 Å². The summed E-state index contributed by atoms with van der Waals surface area (Å²) in [5, 5.41) is 0. The van der Waals surface area contributed by atoms with E-state index >= 15 is 0 Å². The number of benzene rings is 2. The highest BCUT2D eigenvalue weighted by Crippen LogP contribution is 2.29. The number of rotatable bonds is 2. The first-order chi connectivity index (χ1) is 11.8. The number of carbonyl (C=O) groups excluding carboxylic acids is 1. The van der Waals surface area contributed by atoms with Gasteiger partial charge < -0.3 is 4.90 Å². The van der Waals surface area contributed by atoms with E-state index in [1.807, 2.05) is 77.7 Å². The molecule has 0 fully saturated rings. The number of para-hydroxylation sites is 2. The molecule has 1 aromatic heterocycles. The van der Waals surface area contributed by atoms with Gasteiger partial charge in [-0.25, -0.2) is 4.79 Å². The molecule has 24 heavy (non-hydrogen) atoms. The normalized spacial score (nSPS) is 12.8. The quantitative estimate of drug-likeness (QED) is 0.704. The first-order valence-electron chi connectivity index (χ1n) is 7.95. The lowest BCUT2D eigenvalue weighted by Crippen LogP contribution is -2.37. The third-order valence-corrected chi connectivity index (χ3v) is 4.18. The zero-order valence-electron chi connectivity index (χ0n) is 13.2. The maximum Gasteiger partial charge on any atom is 0.329 e. The van der Waals surface area contributed by atoms with E-state index in [0.717, 1.165) is 22.6 Å². The summed E-state index contributed by atoms with van der Waals surface area (Å²) in [6, 6.07) is 23.4. The second kappa shape index (κ2) is 6.16. The fourth-order valence-corrected chi connectivity index (χ4v) is 3.00. The molecule has 0 saturated heterocycles. The van der Waals surface area contributed by atoms with Crippen LogP contribution in [0.4, 0.5) is 16.2 Å². The molecule has 118 valence electrons. The van der Waals surface area contributed by atoms with E-state index < -0.39 is 0 Å². The van der Waals surface area contributed by atoms with E-state index in [0.29, 0.717) is 13.1 Å². The third-order valence-electron chi connectivity index (χ3n) is 4.18. The van der Waals surface area contributed by atoms with Gasteiger partial charge in [-0.3, -0.25) is 9.88 Å². The summed E-state index contributed by atoms with van der Waals surface area (Å²) >= 11 is 0. The maximum absolute atomic E-state index is 13.2. The van der Waals surface area contributed by atoms with Crippen LogP contribution in [0, 0.1) is 0 Å². The predicted octanol–water partition coefficient (Wildman–Crippen LogP) is 4.36. The smallest absolute Gasteiger partial charge is 0.314 e. The van der Waals surface area contributed by atoms with Gasteiger partial charge in [0.15, 0.2) is 0 Å². The summed E-state index contributed by atoms with van der Waals surface area (Å²) in [6.07, 6.45) is 1.78. The van der Waals surface area contributed by atoms with Crippen LogP contribution < -0.4 is 4.90 Å². The Balaban J connectivity index is 1.69. The SMILES string of the molecule is O=C(N1Cc2cccnc2C1)N(c1ccccc1)c1ccccc1. The molecule has 0 N–H and O–H groups in total. The number of hydrogen-bond acceptors (Lipinski definition) is 2. The van der Waals surface area contributed by atoms with E-state index in [2.05, 4.69) is 4.98 Å². The maximum atomic E-state index is 13.2. The van der Waals surface area contributed by atoms with Gasteiger partial charge in [0.05, 0.1) is 23.6 Å². The molecule has 0 bridgehead atoms. The zero-order valence-corrected chi connectivity index (χ0v) is 13.2. The lowest BCUT2D eigenvalue weighted by atomic mass is 10.2. The highest BCUT2D eigenvalue weighted by molar-refractivity contribution is 5.99. The van der Waals surface area contributed by atoms with Crippen molar-refractivity contribution >= 4 is 17.4 Å². The van der Waals surface area contributed by atoms with Crippen LogP contribution in [-0.2, 0) is 13.1 Å². The van der Waals surface area contributed by atoms with Gasteiger partial charge in [-0.05, 0) is 35.9 Å². The van der Waals surface area contributed by atoms with Gasteiger partial charge in [0, 0.05) is 12.7 Å². The number of hydrogen-bond donors (Lipinski definition) is 0. The molecule has 1 aliphatic heterocycles. The molecule has 2 aromatic carbocycles. The molecule has 4 heteroatoms. The van der Waals surface area contributed by atoms with Crippen molar-refractivity contribution in [2.45, 2.75) is 13.1 Å². The fourth-order valence-electron chi connectivity index (χ4n) is 3.00. The van der Waals surface area contributed by atoms with E-state index in [1.54, 1.807) is 11.1 Å². The first kappa shape index (κ1) is 14.5. The number of urea groups is 1. The molecule has 2 heterocycles. The van der Waals surface area contributed by atoms with Crippen LogP contribution in [0.15, 0.2) is 79.0 Å². The summed E-state index contributed by atoms with van der Waals surface area (Å²) in [4.78, 5) is 21.2. The molecule has 1 aliphatic rings. The van der Waals surface area contributed by atoms with Crippen molar-refractivity contribution in [2.75, 3.05) is 4.90 Å². The molecule has 0 aliphatic carbocycles. The number of nitrogens with zero attached hydrogens (tertiary/aromatic N) is 3. The first-order valence-corrected chi connectivity index (χ1v) is 7.95. The Hall–Kier alpha value is -3.14. The second-order valence-corrected chi connectivity index (χ2v) is 5.75. The molecule has 0 atom stereocenters. The highest BCUT2D eigenvalue weighted by Gasteiger charge is 2.29. The minimum Gasteiger partial charge on any atom is -0.314 e. The van der Waals surface area contributed by atoms with Crippen LogP contribution in [0.5, 0.6) is 0 Å². The zero-order chi connectivity index (χ0) is 16.4. The van der Waals surface area contributed by atoms with E-state index in [1.165, 1.54) is 0 Å². The Morgan fingerprint density at radius 1 is 0.833 bits per heavy atom. The lowest BCUT2D eigenvalue weighted by molar-refractivity contribution is 0.207. The Morgan fingerprint density at radius 2 is 1.46 bits per heavy atom. The number of pyridine rings is 1. The molecule has 0 spiro atoms. The minimum atomic E-state index is -0.0367. The van der Waals surface area contributed by atoms with Crippen molar-refractivity contribution < 1.29 is 4.79 Å². The standard InChI is InChI=1S/C20H17N3O/c24-20(22-14-16-8-7-13-21-19(16)15-22)23(17-9-3-1-4-10-17)18-11-5-2-6-12-18/h1-13H,14-15H2. The molecule has 3 aromatic rings. The van der Waals surface area contributed by atoms with Crippen molar-refractivity contribution in [3.63, 3.8) is 0 Å². The number of carbonyl (C=O) groups is 1. The molecular formula is C20H17N3O. The lowest BCUT2D eigenvalue weighted by Gasteiger charge is -2.28. The number of amides is 2. The summed E-state index contributed by atoms with van der Waals surface area (Å²) in [5.74, 6) is 0. The van der Waals surface area contributed by atoms with Gasteiger partial charge in [-0.2, -0.15) is 0 Å². The Labute approximate surface area is 141 Å². The summed E-state index contributed by atoms with van der Waals surface area (Å²) in [5.41, 5.74) is 3.81. The van der Waals surface area contributed by atoms with Crippen LogP contribution in [0.2, 0.25) is 0 Å². The molecule has 0 radical (unpaired) electrons. The molecule has 2 amide bonds. The van der Waals surface area contributed by atoms with Gasteiger partial charge in [-0.15, -0.1) is 0 Å². The Kier molecular flexibility index (Phi) is 3.71. The van der Waals surface area contributed by atoms with Gasteiger partial charge in [-0.1, -0.05) is 42.5 Å². The monoisotopic (exact) mass is 315 g/mol. The highest BCUT2D eigenvalue weighted by atomic mass is 16.2. The van der Waals surface area contributed by atoms with Crippen molar-refractivity contribution in [3.8, 4) is 0 Å².